The maximum absolute atomic E-state index is 7.00. The number of hydrogen-bond acceptors (Lipinski definition) is 2. The lowest BCUT2D eigenvalue weighted by Crippen LogP contribution is -1.89. The van der Waals surface area contributed by atoms with Gasteiger partial charge in [-0.2, -0.15) is 0 Å². The van der Waals surface area contributed by atoms with Crippen molar-refractivity contribution in [1.82, 2.24) is 0 Å². The zero-order valence-electron chi connectivity index (χ0n) is 7.25. The van der Waals surface area contributed by atoms with Gasteiger partial charge in [-0.15, -0.1) is 0 Å². The third kappa shape index (κ3) is 4.36. The molecule has 1 aromatic carbocycles. The highest BCUT2D eigenvalue weighted by Gasteiger charge is 1.88. The van der Waals surface area contributed by atoms with Crippen LogP contribution in [0.2, 0.25) is 0 Å². The molecule has 0 bridgehead atoms. The number of benzene rings is 1. The molecular formula is C9H13BrO2. The Kier molecular flexibility index (Phi) is 6.81. The van der Waals surface area contributed by atoms with E-state index in [1.807, 2.05) is 31.2 Å². The van der Waals surface area contributed by atoms with Crippen molar-refractivity contribution < 1.29 is 9.84 Å². The molecule has 0 atom stereocenters. The van der Waals surface area contributed by atoms with E-state index in [0.717, 1.165) is 23.9 Å². The van der Waals surface area contributed by atoms with Crippen LogP contribution in [0, 0.1) is 0 Å². The van der Waals surface area contributed by atoms with Gasteiger partial charge in [-0.3, -0.25) is 0 Å². The Bertz CT molecular complexity index is 196. The van der Waals surface area contributed by atoms with Crippen LogP contribution in [0.5, 0.6) is 5.75 Å². The average molecular weight is 233 g/mol. The van der Waals surface area contributed by atoms with Gasteiger partial charge < -0.3 is 9.84 Å². The molecule has 1 rings (SSSR count). The Balaban J connectivity index is 0.000000561. The summed E-state index contributed by atoms with van der Waals surface area (Å²) in [5, 5.41) is 7.00. The van der Waals surface area contributed by atoms with Crippen LogP contribution >= 0.6 is 15.9 Å². The fraction of sp³-hybridized carbons (Fsp3) is 0.333. The quantitative estimate of drug-likeness (QED) is 0.850. The monoisotopic (exact) mass is 232 g/mol. The first-order valence-electron chi connectivity index (χ1n) is 3.66. The molecule has 68 valence electrons. The molecule has 0 amide bonds. The number of aliphatic hydroxyl groups excluding tert-OH is 1. The second kappa shape index (κ2) is 7.13. The highest BCUT2D eigenvalue weighted by atomic mass is 79.9. The molecule has 1 N–H and O–H groups in total. The first-order valence-corrected chi connectivity index (χ1v) is 4.45. The van der Waals surface area contributed by atoms with E-state index < -0.39 is 0 Å². The van der Waals surface area contributed by atoms with Crippen LogP contribution in [-0.4, -0.2) is 18.8 Å². The van der Waals surface area contributed by atoms with Crippen molar-refractivity contribution in [3.8, 4) is 5.75 Å². The summed E-state index contributed by atoms with van der Waals surface area (Å²) in [5.41, 5.74) is 0. The molecule has 2 nitrogen and oxygen atoms in total. The van der Waals surface area contributed by atoms with Crippen LogP contribution < -0.4 is 4.74 Å². The molecule has 0 aliphatic carbocycles. The molecule has 0 heterocycles. The van der Waals surface area contributed by atoms with Gasteiger partial charge in [0.2, 0.25) is 0 Å². The molecule has 3 heteroatoms. The van der Waals surface area contributed by atoms with Gasteiger partial charge >= 0.3 is 0 Å². The molecule has 0 saturated heterocycles. The fourth-order valence-electron chi connectivity index (χ4n) is 0.697. The third-order valence-electron chi connectivity index (χ3n) is 1.12. The second-order valence-corrected chi connectivity index (χ2v) is 2.80. The van der Waals surface area contributed by atoms with Crippen molar-refractivity contribution in [2.45, 2.75) is 6.92 Å². The lowest BCUT2D eigenvalue weighted by atomic mass is 10.3. The average Bonchev–Trinajstić information content (AvgIpc) is 2.13. The molecular weight excluding hydrogens is 220 g/mol. The van der Waals surface area contributed by atoms with Crippen molar-refractivity contribution in [2.75, 3.05) is 13.7 Å². The molecule has 0 radical (unpaired) electrons. The molecule has 12 heavy (non-hydrogen) atoms. The van der Waals surface area contributed by atoms with Gasteiger partial charge in [0.1, 0.15) is 5.75 Å². The topological polar surface area (TPSA) is 29.5 Å². The summed E-state index contributed by atoms with van der Waals surface area (Å²) in [6.45, 7) is 2.70. The lowest BCUT2D eigenvalue weighted by Gasteiger charge is -2.00. The van der Waals surface area contributed by atoms with E-state index in [2.05, 4.69) is 15.9 Å². The largest absolute Gasteiger partial charge is 0.494 e. The standard InChI is InChI=1S/C8H9BrO.CH4O/c1-2-10-8-5-3-7(9)4-6-8;1-2/h3-6H,2H2,1H3;2H,1H3. The predicted octanol–water partition coefficient (Wildman–Crippen LogP) is 2.46. The van der Waals surface area contributed by atoms with E-state index >= 15 is 0 Å². The Hall–Kier alpha value is -0.540. The van der Waals surface area contributed by atoms with Crippen molar-refractivity contribution in [2.24, 2.45) is 0 Å². The van der Waals surface area contributed by atoms with Crippen LogP contribution in [0.3, 0.4) is 0 Å². The van der Waals surface area contributed by atoms with Gasteiger partial charge in [-0.1, -0.05) is 15.9 Å². The van der Waals surface area contributed by atoms with Crippen LogP contribution in [-0.2, 0) is 0 Å². The Morgan fingerprint density at radius 1 is 1.25 bits per heavy atom. The predicted molar refractivity (Wildman–Crippen MR) is 53.5 cm³/mol. The third-order valence-corrected chi connectivity index (χ3v) is 1.65. The zero-order valence-corrected chi connectivity index (χ0v) is 8.84. The number of ether oxygens (including phenoxy) is 1. The molecule has 0 unspecified atom stereocenters. The van der Waals surface area contributed by atoms with E-state index in [1.54, 1.807) is 0 Å². The van der Waals surface area contributed by atoms with Gasteiger partial charge in [0.25, 0.3) is 0 Å². The fourth-order valence-corrected chi connectivity index (χ4v) is 0.962. The van der Waals surface area contributed by atoms with E-state index in [4.69, 9.17) is 9.84 Å². The molecule has 0 spiro atoms. The first kappa shape index (κ1) is 11.5. The SMILES string of the molecule is CCOc1ccc(Br)cc1.CO. The van der Waals surface area contributed by atoms with Gasteiger partial charge in [0.15, 0.2) is 0 Å². The summed E-state index contributed by atoms with van der Waals surface area (Å²) in [5.74, 6) is 0.922. The summed E-state index contributed by atoms with van der Waals surface area (Å²) < 4.78 is 6.32. The number of halogens is 1. The zero-order chi connectivity index (χ0) is 9.40. The van der Waals surface area contributed by atoms with Gasteiger partial charge in [-0.25, -0.2) is 0 Å². The maximum atomic E-state index is 7.00. The van der Waals surface area contributed by atoms with Crippen LogP contribution in [0.25, 0.3) is 0 Å². The van der Waals surface area contributed by atoms with Gasteiger partial charge in [0.05, 0.1) is 6.61 Å². The van der Waals surface area contributed by atoms with Crippen LogP contribution in [0.1, 0.15) is 6.92 Å². The van der Waals surface area contributed by atoms with Gasteiger partial charge in [-0.05, 0) is 31.2 Å². The van der Waals surface area contributed by atoms with E-state index in [-0.39, 0.29) is 0 Å². The smallest absolute Gasteiger partial charge is 0.119 e. The summed E-state index contributed by atoms with van der Waals surface area (Å²) in [6.07, 6.45) is 0. The highest BCUT2D eigenvalue weighted by Crippen LogP contribution is 2.15. The molecule has 0 aromatic heterocycles. The highest BCUT2D eigenvalue weighted by molar-refractivity contribution is 9.10. The summed E-state index contributed by atoms with van der Waals surface area (Å²) in [6, 6.07) is 7.80. The van der Waals surface area contributed by atoms with Gasteiger partial charge in [0, 0.05) is 11.6 Å². The molecule has 0 aliphatic rings. The van der Waals surface area contributed by atoms with Crippen molar-refractivity contribution in [3.05, 3.63) is 28.7 Å². The van der Waals surface area contributed by atoms with Crippen molar-refractivity contribution in [1.29, 1.82) is 0 Å². The normalized spacial score (nSPS) is 8.33. The molecule has 0 saturated carbocycles. The molecule has 0 fully saturated rings. The van der Waals surface area contributed by atoms with E-state index in [9.17, 15) is 0 Å². The second-order valence-electron chi connectivity index (χ2n) is 1.89. The minimum Gasteiger partial charge on any atom is -0.494 e. The van der Waals surface area contributed by atoms with Crippen LogP contribution in [0.15, 0.2) is 28.7 Å². The summed E-state index contributed by atoms with van der Waals surface area (Å²) >= 11 is 3.34. The van der Waals surface area contributed by atoms with Crippen molar-refractivity contribution >= 4 is 15.9 Å². The Labute approximate surface area is 81.3 Å². The minimum absolute atomic E-state index is 0.724. The Morgan fingerprint density at radius 3 is 2.17 bits per heavy atom. The van der Waals surface area contributed by atoms with E-state index in [0.29, 0.717) is 0 Å². The number of rotatable bonds is 2. The molecule has 0 aliphatic heterocycles. The maximum Gasteiger partial charge on any atom is 0.119 e. The molecule has 1 aromatic rings. The lowest BCUT2D eigenvalue weighted by molar-refractivity contribution is 0.340. The summed E-state index contributed by atoms with van der Waals surface area (Å²) in [4.78, 5) is 0. The van der Waals surface area contributed by atoms with Crippen LogP contribution in [0.4, 0.5) is 0 Å². The van der Waals surface area contributed by atoms with E-state index in [1.165, 1.54) is 0 Å². The minimum atomic E-state index is 0.724. The number of hydrogen-bond donors (Lipinski definition) is 1. The van der Waals surface area contributed by atoms with Crippen molar-refractivity contribution in [3.63, 3.8) is 0 Å². The first-order chi connectivity index (χ1) is 5.83. The Morgan fingerprint density at radius 2 is 1.75 bits per heavy atom. The number of aliphatic hydroxyl groups is 1. The summed E-state index contributed by atoms with van der Waals surface area (Å²) in [7, 11) is 1.00.